The molecule has 1 fully saturated rings. The van der Waals surface area contributed by atoms with Crippen LogP contribution < -0.4 is 0 Å². The Kier molecular flexibility index (Phi) is 4.24. The number of nitrogens with zero attached hydrogens (tertiary/aromatic N) is 2. The van der Waals surface area contributed by atoms with Crippen molar-refractivity contribution in [2.24, 2.45) is 0 Å². The van der Waals surface area contributed by atoms with Crippen molar-refractivity contribution in [3.05, 3.63) is 65.5 Å². The van der Waals surface area contributed by atoms with Gasteiger partial charge < -0.3 is 15.0 Å². The molecule has 4 rings (SSSR count). The summed E-state index contributed by atoms with van der Waals surface area (Å²) in [6.45, 7) is 3.61. The van der Waals surface area contributed by atoms with E-state index >= 15 is 0 Å². The standard InChI is InChI=1S/C21H23N3O2/c1-21(16-6-3-2-4-7-16)10-5-11-24(14-21)20(26)15-8-9-17-18(12-15)23-19(13-25)22-17/h2-4,6-9,12,25H,5,10-11,13-14H2,1H3,(H,22,23). The lowest BCUT2D eigenvalue weighted by Crippen LogP contribution is -2.47. The van der Waals surface area contributed by atoms with Crippen molar-refractivity contribution in [1.82, 2.24) is 14.9 Å². The number of imidazole rings is 1. The Morgan fingerprint density at radius 1 is 1.27 bits per heavy atom. The highest BCUT2D eigenvalue weighted by molar-refractivity contribution is 5.97. The first kappa shape index (κ1) is 16.8. The van der Waals surface area contributed by atoms with Gasteiger partial charge in [-0.25, -0.2) is 4.98 Å². The van der Waals surface area contributed by atoms with E-state index in [0.29, 0.717) is 11.4 Å². The van der Waals surface area contributed by atoms with Crippen LogP contribution in [-0.4, -0.2) is 39.0 Å². The molecule has 0 radical (unpaired) electrons. The number of aliphatic hydroxyl groups is 1. The largest absolute Gasteiger partial charge is 0.388 e. The molecule has 1 unspecified atom stereocenters. The minimum absolute atomic E-state index is 0.0166. The van der Waals surface area contributed by atoms with Gasteiger partial charge in [-0.15, -0.1) is 0 Å². The number of likely N-dealkylation sites (tertiary alicyclic amines) is 1. The van der Waals surface area contributed by atoms with Crippen LogP contribution in [0, 0.1) is 0 Å². The van der Waals surface area contributed by atoms with Crippen LogP contribution in [0.4, 0.5) is 0 Å². The molecule has 1 saturated heterocycles. The van der Waals surface area contributed by atoms with Crippen molar-refractivity contribution in [1.29, 1.82) is 0 Å². The van der Waals surface area contributed by atoms with Crippen LogP contribution in [0.25, 0.3) is 11.0 Å². The van der Waals surface area contributed by atoms with Crippen molar-refractivity contribution in [3.8, 4) is 0 Å². The minimum atomic E-state index is -0.139. The number of nitrogens with one attached hydrogen (secondary N) is 1. The lowest BCUT2D eigenvalue weighted by atomic mass is 9.76. The summed E-state index contributed by atoms with van der Waals surface area (Å²) >= 11 is 0. The fraction of sp³-hybridized carbons (Fsp3) is 0.333. The van der Waals surface area contributed by atoms with E-state index in [-0.39, 0.29) is 17.9 Å². The highest BCUT2D eigenvalue weighted by Crippen LogP contribution is 2.34. The van der Waals surface area contributed by atoms with Gasteiger partial charge in [0.1, 0.15) is 12.4 Å². The van der Waals surface area contributed by atoms with Gasteiger partial charge in [0.05, 0.1) is 11.0 Å². The van der Waals surface area contributed by atoms with Crippen LogP contribution in [0.15, 0.2) is 48.5 Å². The number of aromatic amines is 1. The molecule has 2 N–H and O–H groups in total. The molecule has 0 aliphatic carbocycles. The molecule has 2 heterocycles. The molecular formula is C21H23N3O2. The number of aromatic nitrogens is 2. The van der Waals surface area contributed by atoms with Crippen molar-refractivity contribution in [2.45, 2.75) is 31.8 Å². The van der Waals surface area contributed by atoms with Gasteiger partial charge in [-0.2, -0.15) is 0 Å². The van der Waals surface area contributed by atoms with Crippen molar-refractivity contribution in [2.75, 3.05) is 13.1 Å². The molecule has 0 bridgehead atoms. The van der Waals surface area contributed by atoms with Gasteiger partial charge in [0, 0.05) is 24.1 Å². The van der Waals surface area contributed by atoms with E-state index in [0.717, 1.165) is 37.0 Å². The Bertz CT molecular complexity index is 935. The molecule has 134 valence electrons. The van der Waals surface area contributed by atoms with E-state index < -0.39 is 0 Å². The Labute approximate surface area is 152 Å². The molecule has 5 nitrogen and oxygen atoms in total. The second-order valence-electron chi connectivity index (χ2n) is 7.33. The molecule has 5 heteroatoms. The van der Waals surface area contributed by atoms with Crippen molar-refractivity contribution < 1.29 is 9.90 Å². The van der Waals surface area contributed by atoms with E-state index in [1.165, 1.54) is 5.56 Å². The van der Waals surface area contributed by atoms with Crippen LogP contribution in [0.1, 0.15) is 41.5 Å². The first-order valence-corrected chi connectivity index (χ1v) is 9.03. The molecule has 26 heavy (non-hydrogen) atoms. The average molecular weight is 349 g/mol. The SMILES string of the molecule is CC1(c2ccccc2)CCCN(C(=O)c2ccc3nc(CO)[nH]c3c2)C1. The van der Waals surface area contributed by atoms with E-state index in [2.05, 4.69) is 41.2 Å². The van der Waals surface area contributed by atoms with Crippen LogP contribution in [0.5, 0.6) is 0 Å². The molecular weight excluding hydrogens is 326 g/mol. The van der Waals surface area contributed by atoms with Crippen LogP contribution in [0.2, 0.25) is 0 Å². The predicted octanol–water partition coefficient (Wildman–Crippen LogP) is 3.25. The Hall–Kier alpha value is -2.66. The quantitative estimate of drug-likeness (QED) is 0.763. The Morgan fingerprint density at radius 3 is 2.85 bits per heavy atom. The minimum Gasteiger partial charge on any atom is -0.388 e. The average Bonchev–Trinajstić information content (AvgIpc) is 3.10. The molecule has 1 aromatic heterocycles. The smallest absolute Gasteiger partial charge is 0.253 e. The molecule has 1 amide bonds. The third-order valence-electron chi connectivity index (χ3n) is 5.38. The molecule has 1 atom stereocenters. The zero-order valence-corrected chi connectivity index (χ0v) is 14.9. The third kappa shape index (κ3) is 2.99. The number of hydrogen-bond acceptors (Lipinski definition) is 3. The summed E-state index contributed by atoms with van der Waals surface area (Å²) in [4.78, 5) is 22.4. The lowest BCUT2D eigenvalue weighted by Gasteiger charge is -2.41. The molecule has 3 aromatic rings. The first-order valence-electron chi connectivity index (χ1n) is 9.03. The number of amides is 1. The maximum Gasteiger partial charge on any atom is 0.253 e. The van der Waals surface area contributed by atoms with E-state index in [1.807, 2.05) is 29.2 Å². The molecule has 0 saturated carbocycles. The molecule has 1 aliphatic heterocycles. The number of aliphatic hydroxyl groups excluding tert-OH is 1. The van der Waals surface area contributed by atoms with E-state index in [1.54, 1.807) is 0 Å². The number of piperidine rings is 1. The van der Waals surface area contributed by atoms with Gasteiger partial charge in [0.25, 0.3) is 5.91 Å². The number of hydrogen-bond donors (Lipinski definition) is 2. The maximum atomic E-state index is 13.1. The van der Waals surface area contributed by atoms with E-state index in [4.69, 9.17) is 0 Å². The number of benzene rings is 2. The summed E-state index contributed by atoms with van der Waals surface area (Å²) in [7, 11) is 0. The van der Waals surface area contributed by atoms with E-state index in [9.17, 15) is 9.90 Å². The van der Waals surface area contributed by atoms with Gasteiger partial charge in [-0.05, 0) is 36.6 Å². The van der Waals surface area contributed by atoms with Crippen molar-refractivity contribution >= 4 is 16.9 Å². The highest BCUT2D eigenvalue weighted by Gasteiger charge is 2.34. The van der Waals surface area contributed by atoms with Gasteiger partial charge >= 0.3 is 0 Å². The van der Waals surface area contributed by atoms with Gasteiger partial charge in [0.2, 0.25) is 0 Å². The van der Waals surface area contributed by atoms with Crippen LogP contribution in [-0.2, 0) is 12.0 Å². The normalized spacial score (nSPS) is 20.5. The number of carbonyl (C=O) groups excluding carboxylic acids is 1. The Morgan fingerprint density at radius 2 is 2.08 bits per heavy atom. The van der Waals surface area contributed by atoms with Crippen LogP contribution in [0.3, 0.4) is 0 Å². The van der Waals surface area contributed by atoms with Gasteiger partial charge in [0.15, 0.2) is 0 Å². The second kappa shape index (κ2) is 6.57. The lowest BCUT2D eigenvalue weighted by molar-refractivity contribution is 0.0651. The summed E-state index contributed by atoms with van der Waals surface area (Å²) in [5.41, 5.74) is 3.47. The predicted molar refractivity (Wildman–Crippen MR) is 101 cm³/mol. The topological polar surface area (TPSA) is 69.2 Å². The Balaban J connectivity index is 1.59. The summed E-state index contributed by atoms with van der Waals surface area (Å²) in [5.74, 6) is 0.563. The number of rotatable bonds is 3. The summed E-state index contributed by atoms with van der Waals surface area (Å²) in [5, 5.41) is 9.22. The third-order valence-corrected chi connectivity index (χ3v) is 5.38. The van der Waals surface area contributed by atoms with Gasteiger partial charge in [-0.1, -0.05) is 37.3 Å². The molecule has 1 aliphatic rings. The van der Waals surface area contributed by atoms with Crippen molar-refractivity contribution in [3.63, 3.8) is 0 Å². The summed E-state index contributed by atoms with van der Waals surface area (Å²) < 4.78 is 0. The fourth-order valence-electron chi connectivity index (χ4n) is 3.94. The maximum absolute atomic E-state index is 13.1. The second-order valence-corrected chi connectivity index (χ2v) is 7.33. The molecule has 2 aromatic carbocycles. The zero-order chi connectivity index (χ0) is 18.1. The number of carbonyl (C=O) groups is 1. The summed E-state index contributed by atoms with van der Waals surface area (Å²) in [6.07, 6.45) is 2.08. The number of H-pyrrole nitrogens is 1. The summed E-state index contributed by atoms with van der Waals surface area (Å²) in [6, 6.07) is 15.9. The fourth-order valence-corrected chi connectivity index (χ4v) is 3.94. The first-order chi connectivity index (χ1) is 12.6. The van der Waals surface area contributed by atoms with Gasteiger partial charge in [-0.3, -0.25) is 4.79 Å². The molecule has 0 spiro atoms. The monoisotopic (exact) mass is 349 g/mol. The van der Waals surface area contributed by atoms with Crippen LogP contribution >= 0.6 is 0 Å². The highest BCUT2D eigenvalue weighted by atomic mass is 16.3. The zero-order valence-electron chi connectivity index (χ0n) is 14.9. The number of fused-ring (bicyclic) bond motifs is 1.